The number of rotatable bonds is 2. The van der Waals surface area contributed by atoms with Crippen LogP contribution in [0.5, 0.6) is 0 Å². The molecular weight excluding hydrogens is 240 g/mol. The van der Waals surface area contributed by atoms with E-state index in [1.807, 2.05) is 0 Å². The zero-order valence-corrected chi connectivity index (χ0v) is 9.80. The van der Waals surface area contributed by atoms with Crippen molar-refractivity contribution < 1.29 is 13.6 Å². The van der Waals surface area contributed by atoms with E-state index in [9.17, 15) is 13.6 Å². The summed E-state index contributed by atoms with van der Waals surface area (Å²) in [6.45, 7) is 0.749. The summed E-state index contributed by atoms with van der Waals surface area (Å²) in [6.07, 6.45) is 2.63. The summed E-state index contributed by atoms with van der Waals surface area (Å²) in [5.41, 5.74) is 5.25. The molecule has 0 bridgehead atoms. The van der Waals surface area contributed by atoms with Crippen LogP contribution in [-0.2, 0) is 4.79 Å². The lowest BCUT2D eigenvalue weighted by Crippen LogP contribution is -2.43. The van der Waals surface area contributed by atoms with Crippen LogP contribution < -0.4 is 16.4 Å². The standard InChI is InChI=1S/C12H15F2N3O/c13-7-4-5-8(15)11(10(7)14)17-12(18)9-3-1-2-6-16-9/h4-5,9,16H,1-3,6,15H2,(H,17,18). The van der Waals surface area contributed by atoms with Crippen molar-refractivity contribution in [1.29, 1.82) is 0 Å². The van der Waals surface area contributed by atoms with Gasteiger partial charge in [0.15, 0.2) is 11.6 Å². The average molecular weight is 255 g/mol. The molecule has 0 aliphatic carbocycles. The molecule has 1 heterocycles. The first-order chi connectivity index (χ1) is 8.59. The smallest absolute Gasteiger partial charge is 0.241 e. The maximum atomic E-state index is 13.5. The number of carbonyl (C=O) groups excluding carboxylic acids is 1. The van der Waals surface area contributed by atoms with Crippen LogP contribution >= 0.6 is 0 Å². The number of anilines is 2. The lowest BCUT2D eigenvalue weighted by atomic mass is 10.0. The Morgan fingerprint density at radius 3 is 2.83 bits per heavy atom. The molecule has 1 saturated heterocycles. The zero-order valence-electron chi connectivity index (χ0n) is 9.80. The first-order valence-electron chi connectivity index (χ1n) is 5.87. The van der Waals surface area contributed by atoms with Gasteiger partial charge in [0.2, 0.25) is 5.91 Å². The Bertz CT molecular complexity index is 459. The molecular formula is C12H15F2N3O. The third kappa shape index (κ3) is 2.59. The van der Waals surface area contributed by atoms with E-state index in [-0.39, 0.29) is 23.3 Å². The molecule has 1 atom stereocenters. The molecule has 0 saturated carbocycles. The quantitative estimate of drug-likeness (QED) is 0.704. The minimum atomic E-state index is -1.13. The van der Waals surface area contributed by atoms with Gasteiger partial charge in [0.25, 0.3) is 0 Å². The van der Waals surface area contributed by atoms with Crippen molar-refractivity contribution in [3.63, 3.8) is 0 Å². The van der Waals surface area contributed by atoms with Gasteiger partial charge in [0, 0.05) is 0 Å². The Balaban J connectivity index is 2.13. The lowest BCUT2D eigenvalue weighted by molar-refractivity contribution is -0.118. The second-order valence-electron chi connectivity index (χ2n) is 4.32. The number of halogens is 2. The van der Waals surface area contributed by atoms with E-state index in [1.54, 1.807) is 0 Å². The molecule has 1 unspecified atom stereocenters. The molecule has 1 aliphatic heterocycles. The number of carbonyl (C=O) groups is 1. The maximum Gasteiger partial charge on any atom is 0.241 e. The van der Waals surface area contributed by atoms with E-state index < -0.39 is 11.6 Å². The third-order valence-corrected chi connectivity index (χ3v) is 3.00. The van der Waals surface area contributed by atoms with E-state index in [2.05, 4.69) is 10.6 Å². The Morgan fingerprint density at radius 1 is 1.39 bits per heavy atom. The van der Waals surface area contributed by atoms with Crippen LogP contribution in [0.25, 0.3) is 0 Å². The second kappa shape index (κ2) is 5.30. The SMILES string of the molecule is Nc1ccc(F)c(F)c1NC(=O)C1CCCCN1. The van der Waals surface area contributed by atoms with Crippen LogP contribution in [0.3, 0.4) is 0 Å². The van der Waals surface area contributed by atoms with E-state index in [4.69, 9.17) is 5.73 Å². The fourth-order valence-electron chi connectivity index (χ4n) is 1.98. The van der Waals surface area contributed by atoms with Crippen LogP contribution in [-0.4, -0.2) is 18.5 Å². The molecule has 6 heteroatoms. The first kappa shape index (κ1) is 12.8. The molecule has 1 fully saturated rings. The predicted octanol–water partition coefficient (Wildman–Crippen LogP) is 1.63. The van der Waals surface area contributed by atoms with Gasteiger partial charge < -0.3 is 16.4 Å². The topological polar surface area (TPSA) is 67.1 Å². The van der Waals surface area contributed by atoms with Gasteiger partial charge in [0.1, 0.15) is 5.69 Å². The number of nitrogens with one attached hydrogen (secondary N) is 2. The predicted molar refractivity (Wildman–Crippen MR) is 65.0 cm³/mol. The fraction of sp³-hybridized carbons (Fsp3) is 0.417. The Hall–Kier alpha value is -1.69. The van der Waals surface area contributed by atoms with Gasteiger partial charge in [-0.05, 0) is 31.5 Å². The zero-order chi connectivity index (χ0) is 13.1. The van der Waals surface area contributed by atoms with Gasteiger partial charge in [-0.25, -0.2) is 8.78 Å². The largest absolute Gasteiger partial charge is 0.397 e. The van der Waals surface area contributed by atoms with Crippen LogP contribution in [0, 0.1) is 11.6 Å². The summed E-state index contributed by atoms with van der Waals surface area (Å²) in [6, 6.07) is 1.78. The number of nitrogen functional groups attached to an aromatic ring is 1. The number of benzene rings is 1. The highest BCUT2D eigenvalue weighted by Crippen LogP contribution is 2.25. The van der Waals surface area contributed by atoms with Crippen LogP contribution in [0.4, 0.5) is 20.2 Å². The number of hydrogen-bond acceptors (Lipinski definition) is 3. The summed E-state index contributed by atoms with van der Waals surface area (Å²) in [4.78, 5) is 11.9. The summed E-state index contributed by atoms with van der Waals surface area (Å²) in [5, 5.41) is 5.37. The number of nitrogens with two attached hydrogens (primary N) is 1. The summed E-state index contributed by atoms with van der Waals surface area (Å²) in [7, 11) is 0. The number of hydrogen-bond donors (Lipinski definition) is 3. The molecule has 1 aromatic carbocycles. The van der Waals surface area contributed by atoms with E-state index in [0.29, 0.717) is 6.42 Å². The van der Waals surface area contributed by atoms with Crippen molar-refractivity contribution >= 4 is 17.3 Å². The van der Waals surface area contributed by atoms with E-state index >= 15 is 0 Å². The van der Waals surface area contributed by atoms with Crippen molar-refractivity contribution in [3.8, 4) is 0 Å². The molecule has 1 aliphatic rings. The van der Waals surface area contributed by atoms with Gasteiger partial charge in [-0.2, -0.15) is 0 Å². The second-order valence-corrected chi connectivity index (χ2v) is 4.32. The maximum absolute atomic E-state index is 13.5. The molecule has 2 rings (SSSR count). The average Bonchev–Trinajstić information content (AvgIpc) is 2.40. The van der Waals surface area contributed by atoms with Gasteiger partial charge >= 0.3 is 0 Å². The van der Waals surface area contributed by atoms with Gasteiger partial charge in [-0.3, -0.25) is 4.79 Å². The normalized spacial score (nSPS) is 19.6. The minimum absolute atomic E-state index is 0.0121. The molecule has 0 spiro atoms. The van der Waals surface area contributed by atoms with Crippen LogP contribution in [0.2, 0.25) is 0 Å². The highest BCUT2D eigenvalue weighted by atomic mass is 19.2. The van der Waals surface area contributed by atoms with Gasteiger partial charge in [-0.1, -0.05) is 6.42 Å². The highest BCUT2D eigenvalue weighted by molar-refractivity contribution is 5.97. The fourth-order valence-corrected chi connectivity index (χ4v) is 1.98. The minimum Gasteiger partial charge on any atom is -0.397 e. The van der Waals surface area contributed by atoms with Crippen molar-refractivity contribution in [1.82, 2.24) is 5.32 Å². The third-order valence-electron chi connectivity index (χ3n) is 3.00. The van der Waals surface area contributed by atoms with Crippen molar-refractivity contribution in [2.75, 3.05) is 17.6 Å². The van der Waals surface area contributed by atoms with Crippen molar-refractivity contribution in [2.24, 2.45) is 0 Å². The van der Waals surface area contributed by atoms with E-state index in [1.165, 1.54) is 6.07 Å². The number of amides is 1. The summed E-state index contributed by atoms with van der Waals surface area (Å²) < 4.78 is 26.6. The monoisotopic (exact) mass is 255 g/mol. The summed E-state index contributed by atoms with van der Waals surface area (Å²) >= 11 is 0. The molecule has 98 valence electrons. The summed E-state index contributed by atoms with van der Waals surface area (Å²) in [5.74, 6) is -2.54. The molecule has 4 N–H and O–H groups in total. The Labute approximate surface area is 104 Å². The van der Waals surface area contributed by atoms with Crippen LogP contribution in [0.1, 0.15) is 19.3 Å². The van der Waals surface area contributed by atoms with Crippen LogP contribution in [0.15, 0.2) is 12.1 Å². The Kier molecular flexibility index (Phi) is 3.76. The highest BCUT2D eigenvalue weighted by Gasteiger charge is 2.23. The van der Waals surface area contributed by atoms with Crippen molar-refractivity contribution in [3.05, 3.63) is 23.8 Å². The Morgan fingerprint density at radius 2 is 2.17 bits per heavy atom. The molecule has 0 aromatic heterocycles. The molecule has 1 amide bonds. The van der Waals surface area contributed by atoms with Gasteiger partial charge in [0.05, 0.1) is 11.7 Å². The molecule has 4 nitrogen and oxygen atoms in total. The first-order valence-corrected chi connectivity index (χ1v) is 5.87. The van der Waals surface area contributed by atoms with Gasteiger partial charge in [-0.15, -0.1) is 0 Å². The van der Waals surface area contributed by atoms with Crippen molar-refractivity contribution in [2.45, 2.75) is 25.3 Å². The number of piperidine rings is 1. The molecule has 18 heavy (non-hydrogen) atoms. The lowest BCUT2D eigenvalue weighted by Gasteiger charge is -2.23. The molecule has 0 radical (unpaired) electrons. The molecule has 1 aromatic rings. The van der Waals surface area contributed by atoms with E-state index in [0.717, 1.165) is 25.5 Å².